The van der Waals surface area contributed by atoms with E-state index in [2.05, 4.69) is 49.7 Å². The van der Waals surface area contributed by atoms with Gasteiger partial charge in [0.15, 0.2) is 17.2 Å². The zero-order valence-electron chi connectivity index (χ0n) is 17.3. The fourth-order valence-electron chi connectivity index (χ4n) is 3.83. The van der Waals surface area contributed by atoms with E-state index < -0.39 is 0 Å². The Morgan fingerprint density at radius 1 is 1.06 bits per heavy atom. The van der Waals surface area contributed by atoms with E-state index in [0.29, 0.717) is 28.8 Å². The van der Waals surface area contributed by atoms with E-state index in [1.54, 1.807) is 4.52 Å². The molecule has 0 spiro atoms. The SMILES string of the molecule is CN1CCN(c2ccc(Nc3cc(NC4CC4)c4ncc(C#N)n4n3)cc2C#N)CC1. The normalized spacial score (nSPS) is 16.7. The monoisotopic (exact) mass is 413 g/mol. The molecule has 3 aromatic rings. The van der Waals surface area contributed by atoms with E-state index in [-0.39, 0.29) is 0 Å². The molecule has 5 rings (SSSR count). The average Bonchev–Trinajstić information content (AvgIpc) is 3.50. The number of nitrogens with one attached hydrogen (secondary N) is 2. The second-order valence-electron chi connectivity index (χ2n) is 8.11. The zero-order chi connectivity index (χ0) is 21.4. The van der Waals surface area contributed by atoms with Crippen LogP contribution in [-0.2, 0) is 0 Å². The molecule has 2 fully saturated rings. The number of imidazole rings is 1. The third-order valence-corrected chi connectivity index (χ3v) is 5.75. The number of fused-ring (bicyclic) bond motifs is 1. The third kappa shape index (κ3) is 3.83. The van der Waals surface area contributed by atoms with E-state index in [9.17, 15) is 10.5 Å². The lowest BCUT2D eigenvalue weighted by Gasteiger charge is -2.34. The minimum atomic E-state index is 0.376. The fourth-order valence-corrected chi connectivity index (χ4v) is 3.83. The van der Waals surface area contributed by atoms with Crippen LogP contribution in [-0.4, -0.2) is 58.8 Å². The van der Waals surface area contributed by atoms with Gasteiger partial charge in [-0.1, -0.05) is 0 Å². The first-order valence-electron chi connectivity index (χ1n) is 10.4. The lowest BCUT2D eigenvalue weighted by Crippen LogP contribution is -2.44. The van der Waals surface area contributed by atoms with Crippen molar-refractivity contribution in [1.29, 1.82) is 10.5 Å². The van der Waals surface area contributed by atoms with Gasteiger partial charge in [-0.15, -0.1) is 5.10 Å². The average molecular weight is 413 g/mol. The van der Waals surface area contributed by atoms with E-state index in [1.807, 2.05) is 24.3 Å². The highest BCUT2D eigenvalue weighted by Crippen LogP contribution is 2.30. The maximum atomic E-state index is 9.73. The molecule has 1 aliphatic heterocycles. The highest BCUT2D eigenvalue weighted by Gasteiger charge is 2.23. The van der Waals surface area contributed by atoms with Crippen LogP contribution in [0.5, 0.6) is 0 Å². The standard InChI is InChI=1S/C22H23N9/c1-29-6-8-30(9-7-29)20-5-4-17(10-15(20)12-23)27-21-11-19(26-16-2-3-16)22-25-14-18(13-24)31(22)28-21/h4-5,10-11,14,16,26H,2-3,6-9H2,1H3,(H,27,28). The maximum absolute atomic E-state index is 9.73. The van der Waals surface area contributed by atoms with Gasteiger partial charge < -0.3 is 20.4 Å². The van der Waals surface area contributed by atoms with Gasteiger partial charge in [-0.05, 0) is 38.1 Å². The van der Waals surface area contributed by atoms with Gasteiger partial charge in [0, 0.05) is 44.0 Å². The van der Waals surface area contributed by atoms with Crippen LogP contribution in [0.25, 0.3) is 5.65 Å². The van der Waals surface area contributed by atoms with Crippen molar-refractivity contribution in [3.8, 4) is 12.1 Å². The van der Waals surface area contributed by atoms with Gasteiger partial charge in [-0.25, -0.2) is 4.98 Å². The second kappa shape index (κ2) is 7.78. The van der Waals surface area contributed by atoms with Crippen LogP contribution in [0.3, 0.4) is 0 Å². The Morgan fingerprint density at radius 2 is 1.87 bits per heavy atom. The molecule has 31 heavy (non-hydrogen) atoms. The number of likely N-dealkylation sites (N-methyl/N-ethyl adjacent to an activating group) is 1. The molecule has 0 unspecified atom stereocenters. The Kier molecular flexibility index (Phi) is 4.81. The molecule has 2 aliphatic rings. The van der Waals surface area contributed by atoms with Crippen molar-refractivity contribution >= 4 is 28.5 Å². The van der Waals surface area contributed by atoms with Crippen LogP contribution >= 0.6 is 0 Å². The highest BCUT2D eigenvalue weighted by atomic mass is 15.3. The Bertz CT molecular complexity index is 1200. The molecule has 0 radical (unpaired) electrons. The van der Waals surface area contributed by atoms with Gasteiger partial charge in [0.2, 0.25) is 0 Å². The number of benzene rings is 1. The van der Waals surface area contributed by atoms with Crippen LogP contribution in [0.15, 0.2) is 30.5 Å². The van der Waals surface area contributed by atoms with Crippen LogP contribution < -0.4 is 15.5 Å². The molecule has 0 amide bonds. The summed E-state index contributed by atoms with van der Waals surface area (Å²) in [5.41, 5.74) is 4.22. The molecule has 1 aliphatic carbocycles. The predicted molar refractivity (Wildman–Crippen MR) is 118 cm³/mol. The lowest BCUT2D eigenvalue weighted by molar-refractivity contribution is 0.313. The van der Waals surface area contributed by atoms with Crippen molar-refractivity contribution in [2.75, 3.05) is 48.8 Å². The van der Waals surface area contributed by atoms with E-state index >= 15 is 0 Å². The molecule has 2 aromatic heterocycles. The molecular formula is C22H23N9. The van der Waals surface area contributed by atoms with E-state index in [1.165, 1.54) is 6.20 Å². The summed E-state index contributed by atoms with van der Waals surface area (Å²) in [5, 5.41) is 30.4. The van der Waals surface area contributed by atoms with Crippen LogP contribution in [0.2, 0.25) is 0 Å². The van der Waals surface area contributed by atoms with Crippen molar-refractivity contribution in [3.63, 3.8) is 0 Å². The highest BCUT2D eigenvalue weighted by molar-refractivity contribution is 5.74. The van der Waals surface area contributed by atoms with Crippen molar-refractivity contribution in [2.45, 2.75) is 18.9 Å². The van der Waals surface area contributed by atoms with Crippen molar-refractivity contribution in [3.05, 3.63) is 41.7 Å². The van der Waals surface area contributed by atoms with Crippen LogP contribution in [0.1, 0.15) is 24.1 Å². The molecule has 1 aromatic carbocycles. The van der Waals surface area contributed by atoms with Crippen molar-refractivity contribution in [2.24, 2.45) is 0 Å². The minimum absolute atomic E-state index is 0.376. The molecular weight excluding hydrogens is 390 g/mol. The predicted octanol–water partition coefficient (Wildman–Crippen LogP) is 2.54. The molecule has 3 heterocycles. The van der Waals surface area contributed by atoms with Gasteiger partial charge in [0.1, 0.15) is 12.1 Å². The first-order valence-corrected chi connectivity index (χ1v) is 10.4. The summed E-state index contributed by atoms with van der Waals surface area (Å²) in [7, 11) is 2.11. The summed E-state index contributed by atoms with van der Waals surface area (Å²) in [4.78, 5) is 8.90. The lowest BCUT2D eigenvalue weighted by atomic mass is 10.1. The summed E-state index contributed by atoms with van der Waals surface area (Å²) in [6.07, 6.45) is 3.79. The number of nitrogens with zero attached hydrogens (tertiary/aromatic N) is 7. The Balaban J connectivity index is 1.45. The smallest absolute Gasteiger partial charge is 0.178 e. The Hall–Kier alpha value is -3.82. The summed E-state index contributed by atoms with van der Waals surface area (Å²) in [6, 6.07) is 12.6. The van der Waals surface area contributed by atoms with Crippen LogP contribution in [0.4, 0.5) is 22.9 Å². The molecule has 0 atom stereocenters. The van der Waals surface area contributed by atoms with Crippen molar-refractivity contribution < 1.29 is 0 Å². The molecule has 0 bridgehead atoms. The van der Waals surface area contributed by atoms with E-state index in [4.69, 9.17) is 0 Å². The molecule has 9 nitrogen and oxygen atoms in total. The minimum Gasteiger partial charge on any atom is -0.379 e. The van der Waals surface area contributed by atoms with Gasteiger partial charge in [-0.3, -0.25) is 0 Å². The zero-order valence-corrected chi connectivity index (χ0v) is 17.3. The summed E-state index contributed by atoms with van der Waals surface area (Å²) >= 11 is 0. The number of nitriles is 2. The summed E-state index contributed by atoms with van der Waals surface area (Å²) in [5.74, 6) is 0.585. The van der Waals surface area contributed by atoms with Crippen molar-refractivity contribution in [1.82, 2.24) is 19.5 Å². The molecule has 156 valence electrons. The number of piperazine rings is 1. The molecule has 2 N–H and O–H groups in total. The van der Waals surface area contributed by atoms with Gasteiger partial charge in [0.05, 0.1) is 23.1 Å². The fraction of sp³-hybridized carbons (Fsp3) is 0.364. The third-order valence-electron chi connectivity index (χ3n) is 5.75. The largest absolute Gasteiger partial charge is 0.379 e. The van der Waals surface area contributed by atoms with E-state index in [0.717, 1.165) is 56.1 Å². The maximum Gasteiger partial charge on any atom is 0.178 e. The second-order valence-corrected chi connectivity index (χ2v) is 8.11. The number of rotatable bonds is 5. The molecule has 1 saturated carbocycles. The topological polar surface area (TPSA) is 108 Å². The molecule has 9 heteroatoms. The number of anilines is 4. The summed E-state index contributed by atoms with van der Waals surface area (Å²) in [6.45, 7) is 3.78. The molecule has 1 saturated heterocycles. The first-order chi connectivity index (χ1) is 15.1. The van der Waals surface area contributed by atoms with Gasteiger partial charge in [0.25, 0.3) is 0 Å². The first kappa shape index (κ1) is 19.2. The Morgan fingerprint density at radius 3 is 2.58 bits per heavy atom. The van der Waals surface area contributed by atoms with Gasteiger partial charge >= 0.3 is 0 Å². The quantitative estimate of drug-likeness (QED) is 0.657. The number of hydrogen-bond acceptors (Lipinski definition) is 8. The van der Waals surface area contributed by atoms with Gasteiger partial charge in [-0.2, -0.15) is 15.0 Å². The number of aromatic nitrogens is 3. The van der Waals surface area contributed by atoms with Crippen LogP contribution in [0, 0.1) is 22.7 Å². The summed E-state index contributed by atoms with van der Waals surface area (Å²) < 4.78 is 1.55. The Labute approximate surface area is 180 Å². The number of hydrogen-bond donors (Lipinski definition) is 2.